The van der Waals surface area contributed by atoms with Gasteiger partial charge < -0.3 is 10.5 Å². The lowest BCUT2D eigenvalue weighted by Gasteiger charge is -2.07. The highest BCUT2D eigenvalue weighted by Crippen LogP contribution is 2.15. The Morgan fingerprint density at radius 3 is 2.56 bits per heavy atom. The Morgan fingerprint density at radius 2 is 1.94 bits per heavy atom. The summed E-state index contributed by atoms with van der Waals surface area (Å²) in [6, 6.07) is 7.43. The Kier molecular flexibility index (Phi) is 5.33. The van der Waals surface area contributed by atoms with Gasteiger partial charge in [-0.3, -0.25) is 5.41 Å². The first-order chi connectivity index (χ1) is 8.56. The van der Waals surface area contributed by atoms with Gasteiger partial charge in [-0.1, -0.05) is 30.4 Å². The predicted octanol–water partition coefficient (Wildman–Crippen LogP) is 3.18. The molecule has 96 valence electrons. The van der Waals surface area contributed by atoms with Crippen molar-refractivity contribution < 1.29 is 4.74 Å². The molecule has 0 saturated carbocycles. The van der Waals surface area contributed by atoms with Crippen LogP contribution in [0.3, 0.4) is 0 Å². The quantitative estimate of drug-likeness (QED) is 0.475. The second kappa shape index (κ2) is 6.77. The number of hydrogen-bond acceptors (Lipinski definition) is 3. The zero-order chi connectivity index (χ0) is 13.5. The molecule has 0 aromatic heterocycles. The Morgan fingerprint density at radius 1 is 1.28 bits per heavy atom. The van der Waals surface area contributed by atoms with E-state index in [-0.39, 0.29) is 0 Å². The van der Waals surface area contributed by atoms with Crippen molar-refractivity contribution in [1.82, 2.24) is 0 Å². The second-order valence-corrected chi connectivity index (χ2v) is 4.26. The van der Waals surface area contributed by atoms with Crippen LogP contribution in [-0.4, -0.2) is 19.4 Å². The van der Waals surface area contributed by atoms with Crippen molar-refractivity contribution in [3.8, 4) is 0 Å². The van der Waals surface area contributed by atoms with Crippen LogP contribution in [0.4, 0.5) is 5.69 Å². The molecule has 3 heteroatoms. The lowest BCUT2D eigenvalue weighted by Crippen LogP contribution is -2.04. The highest BCUT2D eigenvalue weighted by molar-refractivity contribution is 6.13. The number of methoxy groups -OCH3 is 1. The van der Waals surface area contributed by atoms with E-state index in [9.17, 15) is 0 Å². The summed E-state index contributed by atoms with van der Waals surface area (Å²) in [5.41, 5.74) is 9.71. The minimum atomic E-state index is 0.453. The van der Waals surface area contributed by atoms with E-state index in [1.165, 1.54) is 0 Å². The van der Waals surface area contributed by atoms with Gasteiger partial charge in [0.2, 0.25) is 0 Å². The highest BCUT2D eigenvalue weighted by atomic mass is 16.5. The number of anilines is 1. The van der Waals surface area contributed by atoms with Crippen molar-refractivity contribution in [3.63, 3.8) is 0 Å². The summed E-state index contributed by atoms with van der Waals surface area (Å²) in [7, 11) is 1.67. The molecular weight excluding hydrogens is 224 g/mol. The molecular formula is C15H20N2O. The molecule has 1 aromatic rings. The SMILES string of the molecule is COCC(C)=CC=C(C)C(=N)c1ccccc1N. The topological polar surface area (TPSA) is 59.1 Å². The number of nitrogen functional groups attached to an aromatic ring is 1. The van der Waals surface area contributed by atoms with Crippen LogP contribution in [0.15, 0.2) is 47.6 Å². The fourth-order valence-electron chi connectivity index (χ4n) is 1.56. The minimum Gasteiger partial charge on any atom is -0.398 e. The number of nitrogens with two attached hydrogens (primary N) is 1. The number of benzene rings is 1. The number of ether oxygens (including phenoxy) is 1. The molecule has 0 aliphatic carbocycles. The Hall–Kier alpha value is -1.87. The van der Waals surface area contributed by atoms with Crippen molar-refractivity contribution in [2.75, 3.05) is 19.5 Å². The van der Waals surface area contributed by atoms with E-state index in [1.54, 1.807) is 7.11 Å². The van der Waals surface area contributed by atoms with Gasteiger partial charge >= 0.3 is 0 Å². The van der Waals surface area contributed by atoms with Crippen molar-refractivity contribution in [1.29, 1.82) is 5.41 Å². The van der Waals surface area contributed by atoms with Gasteiger partial charge in [0.05, 0.1) is 12.3 Å². The first-order valence-electron chi connectivity index (χ1n) is 5.83. The standard InChI is InChI=1S/C15H20N2O/c1-11(10-18-3)8-9-12(2)15(17)13-6-4-5-7-14(13)16/h4-9,17H,10,16H2,1-3H3. The minimum absolute atomic E-state index is 0.453. The lowest BCUT2D eigenvalue weighted by molar-refractivity contribution is 0.226. The van der Waals surface area contributed by atoms with Crippen LogP contribution < -0.4 is 5.73 Å². The van der Waals surface area contributed by atoms with Crippen LogP contribution >= 0.6 is 0 Å². The largest absolute Gasteiger partial charge is 0.398 e. The van der Waals surface area contributed by atoms with Crippen LogP contribution in [-0.2, 0) is 4.74 Å². The van der Waals surface area contributed by atoms with Gasteiger partial charge in [0, 0.05) is 18.4 Å². The summed E-state index contributed by atoms with van der Waals surface area (Å²) in [5.74, 6) is 0. The zero-order valence-electron chi connectivity index (χ0n) is 11.2. The van der Waals surface area contributed by atoms with E-state index in [1.807, 2.05) is 50.3 Å². The fraction of sp³-hybridized carbons (Fsp3) is 0.267. The summed E-state index contributed by atoms with van der Waals surface area (Å²) in [5, 5.41) is 8.11. The Labute approximate surface area is 108 Å². The molecule has 3 N–H and O–H groups in total. The maximum atomic E-state index is 8.11. The summed E-state index contributed by atoms with van der Waals surface area (Å²) in [6.07, 6.45) is 3.88. The van der Waals surface area contributed by atoms with Gasteiger partial charge in [0.25, 0.3) is 0 Å². The second-order valence-electron chi connectivity index (χ2n) is 4.26. The first kappa shape index (κ1) is 14.2. The Bertz CT molecular complexity index is 487. The molecule has 3 nitrogen and oxygen atoms in total. The molecule has 0 atom stereocenters. The smallest absolute Gasteiger partial charge is 0.0673 e. The molecule has 0 unspecified atom stereocenters. The van der Waals surface area contributed by atoms with Crippen LogP contribution in [0.5, 0.6) is 0 Å². The van der Waals surface area contributed by atoms with E-state index in [0.717, 1.165) is 16.7 Å². The van der Waals surface area contributed by atoms with Crippen LogP contribution in [0.1, 0.15) is 19.4 Å². The molecule has 0 aliphatic rings. The molecule has 0 spiro atoms. The van der Waals surface area contributed by atoms with Gasteiger partial charge in [0.1, 0.15) is 0 Å². The van der Waals surface area contributed by atoms with Crippen molar-refractivity contribution in [2.45, 2.75) is 13.8 Å². The van der Waals surface area contributed by atoms with Crippen molar-refractivity contribution >= 4 is 11.4 Å². The molecule has 0 saturated heterocycles. The van der Waals surface area contributed by atoms with E-state index < -0.39 is 0 Å². The summed E-state index contributed by atoms with van der Waals surface area (Å²) < 4.78 is 5.03. The third kappa shape index (κ3) is 3.86. The molecule has 0 heterocycles. The Balaban J connectivity index is 2.88. The summed E-state index contributed by atoms with van der Waals surface area (Å²) in [4.78, 5) is 0. The van der Waals surface area contributed by atoms with Gasteiger partial charge in [-0.15, -0.1) is 0 Å². The zero-order valence-corrected chi connectivity index (χ0v) is 11.2. The molecule has 0 fully saturated rings. The molecule has 18 heavy (non-hydrogen) atoms. The lowest BCUT2D eigenvalue weighted by atomic mass is 10.0. The van der Waals surface area contributed by atoms with E-state index >= 15 is 0 Å². The van der Waals surface area contributed by atoms with Gasteiger partial charge in [-0.25, -0.2) is 0 Å². The highest BCUT2D eigenvalue weighted by Gasteiger charge is 2.05. The maximum absolute atomic E-state index is 8.11. The van der Waals surface area contributed by atoms with Crippen molar-refractivity contribution in [3.05, 3.63) is 53.1 Å². The average molecular weight is 244 g/mol. The van der Waals surface area contributed by atoms with Crippen molar-refractivity contribution in [2.24, 2.45) is 0 Å². The normalized spacial score (nSPS) is 12.6. The molecule has 0 bridgehead atoms. The molecule has 1 aromatic carbocycles. The summed E-state index contributed by atoms with van der Waals surface area (Å²) >= 11 is 0. The van der Waals surface area contributed by atoms with Crippen LogP contribution in [0.2, 0.25) is 0 Å². The van der Waals surface area contributed by atoms with E-state index in [4.69, 9.17) is 15.9 Å². The number of rotatable bonds is 5. The number of para-hydroxylation sites is 1. The van der Waals surface area contributed by atoms with Gasteiger partial charge in [-0.2, -0.15) is 0 Å². The number of allylic oxidation sites excluding steroid dienone is 3. The first-order valence-corrected chi connectivity index (χ1v) is 5.83. The van der Waals surface area contributed by atoms with Gasteiger partial charge in [-0.05, 0) is 31.1 Å². The van der Waals surface area contributed by atoms with E-state index in [2.05, 4.69) is 0 Å². The van der Waals surface area contributed by atoms with E-state index in [0.29, 0.717) is 18.0 Å². The van der Waals surface area contributed by atoms with Gasteiger partial charge in [0.15, 0.2) is 0 Å². The fourth-order valence-corrected chi connectivity index (χ4v) is 1.56. The monoisotopic (exact) mass is 244 g/mol. The molecule has 0 amide bonds. The molecule has 0 radical (unpaired) electrons. The third-order valence-corrected chi connectivity index (χ3v) is 2.61. The summed E-state index contributed by atoms with van der Waals surface area (Å²) in [6.45, 7) is 4.50. The van der Waals surface area contributed by atoms with Crippen LogP contribution in [0.25, 0.3) is 0 Å². The third-order valence-electron chi connectivity index (χ3n) is 2.61. The molecule has 0 aliphatic heterocycles. The predicted molar refractivity (Wildman–Crippen MR) is 77.1 cm³/mol. The maximum Gasteiger partial charge on any atom is 0.0673 e. The number of nitrogens with one attached hydrogen (secondary N) is 1. The molecule has 1 rings (SSSR count). The van der Waals surface area contributed by atoms with Crippen LogP contribution in [0, 0.1) is 5.41 Å². The number of hydrogen-bond donors (Lipinski definition) is 2. The average Bonchev–Trinajstić information content (AvgIpc) is 2.36.